The van der Waals surface area contributed by atoms with E-state index >= 15 is 0 Å². The third kappa shape index (κ3) is 3.17. The van der Waals surface area contributed by atoms with Gasteiger partial charge in [-0.3, -0.25) is 0 Å². The van der Waals surface area contributed by atoms with Crippen molar-refractivity contribution in [2.45, 2.75) is 70.0 Å². The van der Waals surface area contributed by atoms with Crippen molar-refractivity contribution < 1.29 is 0 Å². The Labute approximate surface area is 120 Å². The molecule has 0 radical (unpaired) electrons. The molecule has 2 fully saturated rings. The standard InChI is InChI=1S/C14H26N6/c1-10(14-17-19-20-18-14)16-13-8-3-2-6-11(13)12-7-4-5-9-15-12/h10-13,15-16H,2-9H2,1H3,(H,17,18,19,20). The lowest BCUT2D eigenvalue weighted by Gasteiger charge is -2.40. The van der Waals surface area contributed by atoms with Crippen LogP contribution in [0.3, 0.4) is 0 Å². The van der Waals surface area contributed by atoms with Crippen molar-refractivity contribution >= 4 is 0 Å². The first kappa shape index (κ1) is 13.9. The molecule has 3 rings (SSSR count). The minimum atomic E-state index is 0.169. The number of aromatic amines is 1. The summed E-state index contributed by atoms with van der Waals surface area (Å²) in [5, 5.41) is 21.9. The van der Waals surface area contributed by atoms with Crippen LogP contribution in [0, 0.1) is 5.92 Å². The molecule has 0 bridgehead atoms. The maximum absolute atomic E-state index is 4.09. The highest BCUT2D eigenvalue weighted by atomic mass is 15.5. The molecule has 1 saturated heterocycles. The summed E-state index contributed by atoms with van der Waals surface area (Å²) >= 11 is 0. The molecule has 2 heterocycles. The summed E-state index contributed by atoms with van der Waals surface area (Å²) < 4.78 is 0. The van der Waals surface area contributed by atoms with Crippen LogP contribution in [0.4, 0.5) is 0 Å². The average molecular weight is 278 g/mol. The zero-order valence-corrected chi connectivity index (χ0v) is 12.3. The number of H-pyrrole nitrogens is 1. The van der Waals surface area contributed by atoms with Gasteiger partial charge >= 0.3 is 0 Å². The topological polar surface area (TPSA) is 78.5 Å². The van der Waals surface area contributed by atoms with E-state index in [2.05, 4.69) is 38.2 Å². The lowest BCUT2D eigenvalue weighted by atomic mass is 9.77. The smallest absolute Gasteiger partial charge is 0.191 e. The number of tetrazole rings is 1. The number of hydrogen-bond acceptors (Lipinski definition) is 5. The third-order valence-corrected chi connectivity index (χ3v) is 4.90. The molecule has 20 heavy (non-hydrogen) atoms. The van der Waals surface area contributed by atoms with Crippen LogP contribution in [0.1, 0.15) is 63.7 Å². The van der Waals surface area contributed by atoms with E-state index < -0.39 is 0 Å². The Kier molecular flexibility index (Phi) is 4.62. The third-order valence-electron chi connectivity index (χ3n) is 4.90. The number of nitrogens with zero attached hydrogens (tertiary/aromatic N) is 3. The monoisotopic (exact) mass is 278 g/mol. The van der Waals surface area contributed by atoms with E-state index in [4.69, 9.17) is 0 Å². The molecule has 1 aromatic heterocycles. The van der Waals surface area contributed by atoms with E-state index in [-0.39, 0.29) is 6.04 Å². The zero-order valence-electron chi connectivity index (χ0n) is 12.3. The molecule has 1 aliphatic carbocycles. The predicted octanol–water partition coefficient (Wildman–Crippen LogP) is 1.55. The van der Waals surface area contributed by atoms with Crippen LogP contribution < -0.4 is 10.6 Å². The number of hydrogen-bond donors (Lipinski definition) is 3. The highest BCUT2D eigenvalue weighted by molar-refractivity contribution is 4.94. The number of piperidine rings is 1. The Morgan fingerprint density at radius 1 is 1.15 bits per heavy atom. The van der Waals surface area contributed by atoms with Crippen molar-refractivity contribution in [3.63, 3.8) is 0 Å². The molecule has 1 aromatic rings. The van der Waals surface area contributed by atoms with Crippen LogP contribution in [0.25, 0.3) is 0 Å². The molecule has 0 amide bonds. The fraction of sp³-hybridized carbons (Fsp3) is 0.929. The van der Waals surface area contributed by atoms with Gasteiger partial charge in [-0.15, -0.1) is 10.2 Å². The highest BCUT2D eigenvalue weighted by Crippen LogP contribution is 2.31. The van der Waals surface area contributed by atoms with E-state index in [1.165, 1.54) is 51.5 Å². The lowest BCUT2D eigenvalue weighted by molar-refractivity contribution is 0.172. The number of aromatic nitrogens is 4. The van der Waals surface area contributed by atoms with Gasteiger partial charge in [0.1, 0.15) is 0 Å². The first-order valence-corrected chi connectivity index (χ1v) is 8.07. The molecule has 3 N–H and O–H groups in total. The first-order chi connectivity index (χ1) is 9.84. The summed E-state index contributed by atoms with van der Waals surface area (Å²) in [4.78, 5) is 0. The largest absolute Gasteiger partial charge is 0.314 e. The van der Waals surface area contributed by atoms with Crippen molar-refractivity contribution in [2.24, 2.45) is 5.92 Å². The first-order valence-electron chi connectivity index (χ1n) is 8.07. The summed E-state index contributed by atoms with van der Waals surface area (Å²) in [6.45, 7) is 3.32. The van der Waals surface area contributed by atoms with Crippen LogP contribution in [-0.4, -0.2) is 39.3 Å². The molecule has 4 unspecified atom stereocenters. The van der Waals surface area contributed by atoms with Crippen molar-refractivity contribution in [1.29, 1.82) is 0 Å². The molecule has 1 aliphatic heterocycles. The van der Waals surface area contributed by atoms with Crippen LogP contribution in [-0.2, 0) is 0 Å². The molecular weight excluding hydrogens is 252 g/mol. The molecule has 4 atom stereocenters. The lowest BCUT2D eigenvalue weighted by Crippen LogP contribution is -2.51. The van der Waals surface area contributed by atoms with E-state index in [0.29, 0.717) is 12.1 Å². The second-order valence-corrected chi connectivity index (χ2v) is 6.27. The molecule has 1 saturated carbocycles. The minimum Gasteiger partial charge on any atom is -0.314 e. The Hall–Kier alpha value is -1.01. The summed E-state index contributed by atoms with van der Waals surface area (Å²) in [7, 11) is 0. The molecular formula is C14H26N6. The summed E-state index contributed by atoms with van der Waals surface area (Å²) in [5.74, 6) is 1.52. The van der Waals surface area contributed by atoms with Gasteiger partial charge in [-0.1, -0.05) is 24.5 Å². The summed E-state index contributed by atoms with van der Waals surface area (Å²) in [5.41, 5.74) is 0. The molecule has 2 aliphatic rings. The van der Waals surface area contributed by atoms with E-state index in [9.17, 15) is 0 Å². The van der Waals surface area contributed by atoms with E-state index in [1.54, 1.807) is 0 Å². The maximum Gasteiger partial charge on any atom is 0.191 e. The zero-order chi connectivity index (χ0) is 13.8. The van der Waals surface area contributed by atoms with Gasteiger partial charge in [-0.05, 0) is 45.1 Å². The molecule has 112 valence electrons. The van der Waals surface area contributed by atoms with Crippen molar-refractivity contribution in [1.82, 2.24) is 31.3 Å². The van der Waals surface area contributed by atoms with Crippen molar-refractivity contribution in [3.05, 3.63) is 5.82 Å². The van der Waals surface area contributed by atoms with Gasteiger partial charge < -0.3 is 10.6 Å². The van der Waals surface area contributed by atoms with Crippen LogP contribution in [0.5, 0.6) is 0 Å². The Morgan fingerprint density at radius 3 is 2.75 bits per heavy atom. The Morgan fingerprint density at radius 2 is 2.00 bits per heavy atom. The molecule has 0 spiro atoms. The molecule has 6 nitrogen and oxygen atoms in total. The van der Waals surface area contributed by atoms with Gasteiger partial charge in [-0.2, -0.15) is 5.21 Å². The Bertz CT molecular complexity index is 386. The second kappa shape index (κ2) is 6.63. The van der Waals surface area contributed by atoms with Gasteiger partial charge in [0, 0.05) is 12.1 Å². The second-order valence-electron chi connectivity index (χ2n) is 6.27. The fourth-order valence-corrected chi connectivity index (χ4v) is 3.84. The van der Waals surface area contributed by atoms with Gasteiger partial charge in [0.15, 0.2) is 5.82 Å². The van der Waals surface area contributed by atoms with Gasteiger partial charge in [0.05, 0.1) is 6.04 Å². The van der Waals surface area contributed by atoms with Crippen LogP contribution in [0.2, 0.25) is 0 Å². The fourth-order valence-electron chi connectivity index (χ4n) is 3.84. The summed E-state index contributed by atoms with van der Waals surface area (Å²) in [6, 6.07) is 1.44. The van der Waals surface area contributed by atoms with E-state index in [1.807, 2.05) is 0 Å². The Balaban J connectivity index is 1.62. The number of nitrogens with one attached hydrogen (secondary N) is 3. The number of rotatable bonds is 4. The van der Waals surface area contributed by atoms with Gasteiger partial charge in [-0.25, -0.2) is 0 Å². The van der Waals surface area contributed by atoms with Gasteiger partial charge in [0.2, 0.25) is 0 Å². The molecule has 6 heteroatoms. The SMILES string of the molecule is CC(NC1CCCCC1C1CCCCN1)c1nn[nH]n1. The van der Waals surface area contributed by atoms with Gasteiger partial charge in [0.25, 0.3) is 0 Å². The normalized spacial score (nSPS) is 33.0. The average Bonchev–Trinajstić information content (AvgIpc) is 3.03. The maximum atomic E-state index is 4.09. The highest BCUT2D eigenvalue weighted by Gasteiger charge is 2.33. The summed E-state index contributed by atoms with van der Waals surface area (Å²) in [6.07, 6.45) is 9.36. The minimum absolute atomic E-state index is 0.169. The van der Waals surface area contributed by atoms with Crippen molar-refractivity contribution in [3.8, 4) is 0 Å². The van der Waals surface area contributed by atoms with E-state index in [0.717, 1.165) is 11.7 Å². The predicted molar refractivity (Wildman–Crippen MR) is 77.1 cm³/mol. The van der Waals surface area contributed by atoms with Crippen LogP contribution in [0.15, 0.2) is 0 Å². The van der Waals surface area contributed by atoms with Crippen LogP contribution >= 0.6 is 0 Å². The van der Waals surface area contributed by atoms with Crippen molar-refractivity contribution in [2.75, 3.05) is 6.54 Å². The quantitative estimate of drug-likeness (QED) is 0.779. The molecule has 0 aromatic carbocycles.